The highest BCUT2D eigenvalue weighted by atomic mass is 16.1. The summed E-state index contributed by atoms with van der Waals surface area (Å²) in [6, 6.07) is 1.43. The van der Waals surface area contributed by atoms with Crippen molar-refractivity contribution < 1.29 is 0 Å². The number of hydrazone groups is 1. The molecule has 0 saturated heterocycles. The van der Waals surface area contributed by atoms with Crippen LogP contribution in [0.2, 0.25) is 0 Å². The maximum Gasteiger partial charge on any atom is 0.252 e. The molecule has 0 atom stereocenters. The summed E-state index contributed by atoms with van der Waals surface area (Å²) >= 11 is 0. The van der Waals surface area contributed by atoms with Crippen LogP contribution in [-0.2, 0) is 0 Å². The standard InChI is InChI=1S/C9H14N4O/c1-4-6(2)12-13-9-10-7(3)5-8(14)11-9/h5H,4H2,1-3H3,(H2,10,11,13,14)/b12-6+. The monoisotopic (exact) mass is 194 g/mol. The van der Waals surface area contributed by atoms with Crippen LogP contribution in [0.1, 0.15) is 26.0 Å². The number of nitrogens with one attached hydrogen (secondary N) is 2. The second-order valence-corrected chi connectivity index (χ2v) is 3.05. The molecule has 76 valence electrons. The van der Waals surface area contributed by atoms with Gasteiger partial charge in [0.25, 0.3) is 5.56 Å². The van der Waals surface area contributed by atoms with Crippen molar-refractivity contribution in [2.24, 2.45) is 5.10 Å². The minimum absolute atomic E-state index is 0.177. The van der Waals surface area contributed by atoms with Crippen LogP contribution in [0.25, 0.3) is 0 Å². The average molecular weight is 194 g/mol. The number of nitrogens with zero attached hydrogens (tertiary/aromatic N) is 2. The molecule has 0 aromatic carbocycles. The Morgan fingerprint density at radius 2 is 2.43 bits per heavy atom. The van der Waals surface area contributed by atoms with Gasteiger partial charge in [0.1, 0.15) is 0 Å². The molecule has 14 heavy (non-hydrogen) atoms. The molecule has 2 N–H and O–H groups in total. The third-order valence-electron chi connectivity index (χ3n) is 1.73. The van der Waals surface area contributed by atoms with Crippen molar-refractivity contribution in [2.75, 3.05) is 5.43 Å². The molecule has 0 amide bonds. The van der Waals surface area contributed by atoms with Gasteiger partial charge in [0, 0.05) is 17.5 Å². The number of aryl methyl sites for hydroxylation is 1. The summed E-state index contributed by atoms with van der Waals surface area (Å²) in [6.45, 7) is 5.67. The smallest absolute Gasteiger partial charge is 0.252 e. The third-order valence-corrected chi connectivity index (χ3v) is 1.73. The first kappa shape index (κ1) is 10.4. The van der Waals surface area contributed by atoms with Crippen LogP contribution in [0.15, 0.2) is 16.0 Å². The van der Waals surface area contributed by atoms with Crippen molar-refractivity contribution >= 4 is 11.7 Å². The Labute approximate surface area is 82.3 Å². The first-order chi connectivity index (χ1) is 6.61. The molecule has 0 radical (unpaired) electrons. The first-order valence-corrected chi connectivity index (χ1v) is 4.49. The fourth-order valence-corrected chi connectivity index (χ4v) is 0.859. The van der Waals surface area contributed by atoms with Crippen molar-refractivity contribution in [3.05, 3.63) is 22.1 Å². The molecule has 0 bridgehead atoms. The molecule has 0 aliphatic heterocycles. The molecular formula is C9H14N4O. The summed E-state index contributed by atoms with van der Waals surface area (Å²) in [5.74, 6) is 0.378. The van der Waals surface area contributed by atoms with Crippen LogP contribution in [0.5, 0.6) is 0 Å². The van der Waals surface area contributed by atoms with Gasteiger partial charge in [0.05, 0.1) is 0 Å². The van der Waals surface area contributed by atoms with Crippen LogP contribution in [0.4, 0.5) is 5.95 Å². The Hall–Kier alpha value is -1.65. The second-order valence-electron chi connectivity index (χ2n) is 3.05. The Morgan fingerprint density at radius 1 is 1.71 bits per heavy atom. The van der Waals surface area contributed by atoms with E-state index in [0.29, 0.717) is 11.6 Å². The molecule has 1 heterocycles. The number of aromatic nitrogens is 2. The molecule has 5 nitrogen and oxygen atoms in total. The quantitative estimate of drug-likeness (QED) is 0.562. The maximum absolute atomic E-state index is 11.0. The van der Waals surface area contributed by atoms with Crippen molar-refractivity contribution in [2.45, 2.75) is 27.2 Å². The van der Waals surface area contributed by atoms with E-state index in [1.165, 1.54) is 6.07 Å². The molecule has 5 heteroatoms. The zero-order valence-electron chi connectivity index (χ0n) is 8.59. The van der Waals surface area contributed by atoms with Crippen LogP contribution in [0.3, 0.4) is 0 Å². The maximum atomic E-state index is 11.0. The SMILES string of the molecule is CC/C(C)=N/Nc1nc(C)cc(=O)[nH]1. The molecule has 0 aliphatic carbocycles. The highest BCUT2D eigenvalue weighted by Crippen LogP contribution is 1.96. The van der Waals surface area contributed by atoms with Gasteiger partial charge >= 0.3 is 0 Å². The average Bonchev–Trinajstić information content (AvgIpc) is 2.12. The van der Waals surface area contributed by atoms with E-state index in [4.69, 9.17) is 0 Å². The van der Waals surface area contributed by atoms with Crippen LogP contribution >= 0.6 is 0 Å². The van der Waals surface area contributed by atoms with E-state index < -0.39 is 0 Å². The van der Waals surface area contributed by atoms with E-state index in [1.807, 2.05) is 13.8 Å². The van der Waals surface area contributed by atoms with Crippen molar-refractivity contribution in [3.8, 4) is 0 Å². The van der Waals surface area contributed by atoms with Crippen LogP contribution in [0, 0.1) is 6.92 Å². The predicted molar refractivity (Wildman–Crippen MR) is 56.6 cm³/mol. The lowest BCUT2D eigenvalue weighted by Gasteiger charge is -2.00. The highest BCUT2D eigenvalue weighted by molar-refractivity contribution is 5.82. The van der Waals surface area contributed by atoms with E-state index >= 15 is 0 Å². The summed E-state index contributed by atoms with van der Waals surface area (Å²) in [5.41, 5.74) is 4.14. The number of H-pyrrole nitrogens is 1. The minimum Gasteiger partial charge on any atom is -0.291 e. The highest BCUT2D eigenvalue weighted by Gasteiger charge is 1.95. The largest absolute Gasteiger partial charge is 0.291 e. The first-order valence-electron chi connectivity index (χ1n) is 4.49. The molecule has 1 aromatic heterocycles. The molecule has 0 aliphatic rings. The molecule has 1 rings (SSSR count). The topological polar surface area (TPSA) is 70.1 Å². The lowest BCUT2D eigenvalue weighted by atomic mass is 10.3. The molecular weight excluding hydrogens is 180 g/mol. The number of rotatable bonds is 3. The number of hydrogen-bond donors (Lipinski definition) is 2. The number of anilines is 1. The lowest BCUT2D eigenvalue weighted by Crippen LogP contribution is -2.11. The summed E-state index contributed by atoms with van der Waals surface area (Å²) in [4.78, 5) is 17.7. The minimum atomic E-state index is -0.177. The van der Waals surface area contributed by atoms with Gasteiger partial charge in [-0.05, 0) is 20.3 Å². The molecule has 0 fully saturated rings. The Bertz CT molecular complexity index is 394. The van der Waals surface area contributed by atoms with Gasteiger partial charge < -0.3 is 0 Å². The van der Waals surface area contributed by atoms with Crippen molar-refractivity contribution in [3.63, 3.8) is 0 Å². The summed E-state index contributed by atoms with van der Waals surface area (Å²) in [5, 5.41) is 4.03. The Morgan fingerprint density at radius 3 is 3.00 bits per heavy atom. The summed E-state index contributed by atoms with van der Waals surface area (Å²) in [7, 11) is 0. The Balaban J connectivity index is 2.82. The zero-order chi connectivity index (χ0) is 10.6. The molecule has 0 unspecified atom stereocenters. The van der Waals surface area contributed by atoms with Crippen LogP contribution < -0.4 is 11.0 Å². The molecule has 0 spiro atoms. The number of hydrogen-bond acceptors (Lipinski definition) is 4. The van der Waals surface area contributed by atoms with Crippen molar-refractivity contribution in [1.82, 2.24) is 9.97 Å². The lowest BCUT2D eigenvalue weighted by molar-refractivity contribution is 1.04. The number of aromatic amines is 1. The third kappa shape index (κ3) is 3.01. The normalized spacial score (nSPS) is 11.5. The second kappa shape index (κ2) is 4.55. The Kier molecular flexibility index (Phi) is 3.39. The van der Waals surface area contributed by atoms with E-state index in [-0.39, 0.29) is 5.56 Å². The molecule has 1 aromatic rings. The predicted octanol–water partition coefficient (Wildman–Crippen LogP) is 1.28. The van der Waals surface area contributed by atoms with E-state index in [0.717, 1.165) is 12.1 Å². The van der Waals surface area contributed by atoms with E-state index in [9.17, 15) is 4.79 Å². The van der Waals surface area contributed by atoms with Gasteiger partial charge in [0.15, 0.2) is 0 Å². The summed E-state index contributed by atoms with van der Waals surface area (Å²) in [6.07, 6.45) is 0.864. The van der Waals surface area contributed by atoms with Crippen LogP contribution in [-0.4, -0.2) is 15.7 Å². The fourth-order valence-electron chi connectivity index (χ4n) is 0.859. The van der Waals surface area contributed by atoms with Gasteiger partial charge in [-0.2, -0.15) is 5.10 Å². The van der Waals surface area contributed by atoms with Crippen molar-refractivity contribution in [1.29, 1.82) is 0 Å². The van der Waals surface area contributed by atoms with E-state index in [1.54, 1.807) is 6.92 Å². The van der Waals surface area contributed by atoms with Gasteiger partial charge in [0.2, 0.25) is 5.95 Å². The zero-order valence-corrected chi connectivity index (χ0v) is 8.59. The van der Waals surface area contributed by atoms with E-state index in [2.05, 4.69) is 20.5 Å². The fraction of sp³-hybridized carbons (Fsp3) is 0.444. The summed E-state index contributed by atoms with van der Waals surface area (Å²) < 4.78 is 0. The van der Waals surface area contributed by atoms with Gasteiger partial charge in [-0.15, -0.1) is 0 Å². The van der Waals surface area contributed by atoms with Gasteiger partial charge in [-0.3, -0.25) is 9.78 Å². The van der Waals surface area contributed by atoms with Gasteiger partial charge in [-0.1, -0.05) is 6.92 Å². The van der Waals surface area contributed by atoms with Gasteiger partial charge in [-0.25, -0.2) is 10.4 Å². The molecule has 0 saturated carbocycles.